The molecule has 0 aliphatic carbocycles. The number of amides is 1. The van der Waals surface area contributed by atoms with Gasteiger partial charge in [-0.05, 0) is 30.7 Å². The zero-order chi connectivity index (χ0) is 17.1. The van der Waals surface area contributed by atoms with Gasteiger partial charge in [-0.15, -0.1) is 0 Å². The number of rotatable bonds is 5. The van der Waals surface area contributed by atoms with Crippen molar-refractivity contribution in [1.82, 2.24) is 15.1 Å². The quantitative estimate of drug-likeness (QED) is 0.750. The minimum absolute atomic E-state index is 0.0841. The largest absolute Gasteiger partial charge is 0.480 e. The number of carbonyl (C=O) groups excluding carboxylic acids is 1. The first-order valence-electron chi connectivity index (χ1n) is 6.85. The minimum Gasteiger partial charge on any atom is -0.480 e. The molecule has 23 heavy (non-hydrogen) atoms. The summed E-state index contributed by atoms with van der Waals surface area (Å²) in [5.74, 6) is -2.39. The van der Waals surface area contributed by atoms with Crippen LogP contribution < -0.4 is 11.1 Å². The molecule has 4 N–H and O–H groups in total. The molecule has 0 aliphatic rings. The predicted octanol–water partition coefficient (Wildman–Crippen LogP) is 0.676. The molecule has 0 saturated heterocycles. The standard InChI is InChI=1S/C15H17FN4O3/c1-8-12(6-19-20(8)2)9-3-10(5-11(16)4-9)14(21)18-7-13(17)15(22)23/h3-6,13H,7,17H2,1-2H3,(H,18,21)(H,22,23). The number of carbonyl (C=O) groups is 2. The zero-order valence-electron chi connectivity index (χ0n) is 12.7. The summed E-state index contributed by atoms with van der Waals surface area (Å²) in [5, 5.41) is 15.2. The Balaban J connectivity index is 2.25. The van der Waals surface area contributed by atoms with E-state index < -0.39 is 23.7 Å². The molecule has 1 heterocycles. The molecule has 7 nitrogen and oxygen atoms in total. The van der Waals surface area contributed by atoms with Crippen LogP contribution in [0.4, 0.5) is 4.39 Å². The fourth-order valence-corrected chi connectivity index (χ4v) is 2.05. The fraction of sp³-hybridized carbons (Fsp3) is 0.267. The molecule has 2 rings (SSSR count). The van der Waals surface area contributed by atoms with Crippen LogP contribution in [0.15, 0.2) is 24.4 Å². The predicted molar refractivity (Wildman–Crippen MR) is 81.3 cm³/mol. The molecule has 1 atom stereocenters. The number of hydrogen-bond acceptors (Lipinski definition) is 4. The van der Waals surface area contributed by atoms with Crippen molar-refractivity contribution in [2.75, 3.05) is 6.54 Å². The summed E-state index contributed by atoms with van der Waals surface area (Å²) in [5.41, 5.74) is 7.46. The van der Waals surface area contributed by atoms with E-state index in [2.05, 4.69) is 10.4 Å². The topological polar surface area (TPSA) is 110 Å². The lowest BCUT2D eigenvalue weighted by Crippen LogP contribution is -2.42. The molecule has 0 saturated carbocycles. The molecule has 0 aliphatic heterocycles. The van der Waals surface area contributed by atoms with Gasteiger partial charge < -0.3 is 16.2 Å². The molecule has 1 aromatic heterocycles. The Labute approximate surface area is 131 Å². The van der Waals surface area contributed by atoms with Crippen molar-refractivity contribution >= 4 is 11.9 Å². The maximum Gasteiger partial charge on any atom is 0.322 e. The normalized spacial score (nSPS) is 12.0. The van der Waals surface area contributed by atoms with Crippen molar-refractivity contribution in [3.63, 3.8) is 0 Å². The molecule has 122 valence electrons. The third kappa shape index (κ3) is 3.72. The average Bonchev–Trinajstić information content (AvgIpc) is 2.83. The lowest BCUT2D eigenvalue weighted by molar-refractivity contribution is -0.138. The zero-order valence-corrected chi connectivity index (χ0v) is 12.7. The summed E-state index contributed by atoms with van der Waals surface area (Å²) >= 11 is 0. The lowest BCUT2D eigenvalue weighted by Gasteiger charge is -2.10. The molecule has 0 bridgehead atoms. The summed E-state index contributed by atoms with van der Waals surface area (Å²) in [6, 6.07) is 2.70. The van der Waals surface area contributed by atoms with Gasteiger partial charge in [0.1, 0.15) is 11.9 Å². The maximum absolute atomic E-state index is 13.8. The van der Waals surface area contributed by atoms with E-state index in [0.717, 1.165) is 11.8 Å². The number of nitrogens with one attached hydrogen (secondary N) is 1. The summed E-state index contributed by atoms with van der Waals surface area (Å²) < 4.78 is 15.5. The summed E-state index contributed by atoms with van der Waals surface area (Å²) in [6.07, 6.45) is 1.59. The van der Waals surface area contributed by atoms with Crippen molar-refractivity contribution in [2.24, 2.45) is 12.8 Å². The summed E-state index contributed by atoms with van der Waals surface area (Å²) in [7, 11) is 1.76. The van der Waals surface area contributed by atoms with Crippen molar-refractivity contribution in [2.45, 2.75) is 13.0 Å². The highest BCUT2D eigenvalue weighted by Crippen LogP contribution is 2.24. The van der Waals surface area contributed by atoms with Crippen LogP contribution in [-0.4, -0.2) is 39.4 Å². The van der Waals surface area contributed by atoms with E-state index in [1.807, 2.05) is 6.92 Å². The first kappa shape index (κ1) is 16.6. The number of aryl methyl sites for hydroxylation is 1. The van der Waals surface area contributed by atoms with Gasteiger partial charge in [-0.1, -0.05) is 0 Å². The molecule has 8 heteroatoms. The molecule has 1 unspecified atom stereocenters. The average molecular weight is 320 g/mol. The van der Waals surface area contributed by atoms with Crippen LogP contribution in [-0.2, 0) is 11.8 Å². The Bertz CT molecular complexity index is 757. The van der Waals surface area contributed by atoms with Gasteiger partial charge in [0, 0.05) is 30.4 Å². The van der Waals surface area contributed by atoms with Crippen LogP contribution >= 0.6 is 0 Å². The first-order valence-corrected chi connectivity index (χ1v) is 6.85. The van der Waals surface area contributed by atoms with Gasteiger partial charge in [-0.2, -0.15) is 5.10 Å². The van der Waals surface area contributed by atoms with E-state index in [-0.39, 0.29) is 12.1 Å². The van der Waals surface area contributed by atoms with E-state index >= 15 is 0 Å². The van der Waals surface area contributed by atoms with Crippen molar-refractivity contribution in [3.8, 4) is 11.1 Å². The van der Waals surface area contributed by atoms with E-state index in [0.29, 0.717) is 11.1 Å². The summed E-state index contributed by atoms with van der Waals surface area (Å²) in [4.78, 5) is 22.7. The number of carboxylic acids is 1. The third-order valence-corrected chi connectivity index (χ3v) is 3.51. The van der Waals surface area contributed by atoms with Gasteiger partial charge >= 0.3 is 5.97 Å². The second kappa shape index (κ2) is 6.57. The minimum atomic E-state index is -1.23. The summed E-state index contributed by atoms with van der Waals surface area (Å²) in [6.45, 7) is 1.59. The second-order valence-corrected chi connectivity index (χ2v) is 5.15. The lowest BCUT2D eigenvalue weighted by atomic mass is 10.0. The molecule has 0 spiro atoms. The highest BCUT2D eigenvalue weighted by molar-refractivity contribution is 5.95. The number of benzene rings is 1. The SMILES string of the molecule is Cc1c(-c2cc(F)cc(C(=O)NCC(N)C(=O)O)c2)cnn1C. The van der Waals surface area contributed by atoms with E-state index in [1.165, 1.54) is 12.1 Å². The third-order valence-electron chi connectivity index (χ3n) is 3.51. The highest BCUT2D eigenvalue weighted by Gasteiger charge is 2.16. The Hall–Kier alpha value is -2.74. The molecule has 1 aromatic carbocycles. The fourth-order valence-electron chi connectivity index (χ4n) is 2.05. The molecule has 0 fully saturated rings. The van der Waals surface area contributed by atoms with Crippen LogP contribution in [0.3, 0.4) is 0 Å². The number of nitrogens with two attached hydrogens (primary N) is 1. The molecular formula is C15H17FN4O3. The van der Waals surface area contributed by atoms with Gasteiger partial charge in [0.25, 0.3) is 5.91 Å². The van der Waals surface area contributed by atoms with E-state index in [9.17, 15) is 14.0 Å². The van der Waals surface area contributed by atoms with Crippen LogP contribution in [0.1, 0.15) is 16.1 Å². The Kier molecular flexibility index (Phi) is 4.75. The number of aromatic nitrogens is 2. The van der Waals surface area contributed by atoms with E-state index in [1.54, 1.807) is 17.9 Å². The van der Waals surface area contributed by atoms with Crippen molar-refractivity contribution in [3.05, 3.63) is 41.5 Å². The monoisotopic (exact) mass is 320 g/mol. The van der Waals surface area contributed by atoms with Gasteiger partial charge in [-0.25, -0.2) is 4.39 Å². The highest BCUT2D eigenvalue weighted by atomic mass is 19.1. The molecule has 1 amide bonds. The van der Waals surface area contributed by atoms with Crippen molar-refractivity contribution < 1.29 is 19.1 Å². The number of halogens is 1. The number of nitrogens with zero attached hydrogens (tertiary/aromatic N) is 2. The van der Waals surface area contributed by atoms with Crippen LogP contribution in [0, 0.1) is 12.7 Å². The second-order valence-electron chi connectivity index (χ2n) is 5.15. The van der Waals surface area contributed by atoms with Gasteiger partial charge in [0.2, 0.25) is 0 Å². The Morgan fingerprint density at radius 2 is 2.13 bits per heavy atom. The first-order chi connectivity index (χ1) is 10.8. The van der Waals surface area contributed by atoms with Gasteiger partial charge in [0.15, 0.2) is 0 Å². The smallest absolute Gasteiger partial charge is 0.322 e. The van der Waals surface area contributed by atoms with E-state index in [4.69, 9.17) is 10.8 Å². The number of hydrogen-bond donors (Lipinski definition) is 3. The Morgan fingerprint density at radius 3 is 2.70 bits per heavy atom. The van der Waals surface area contributed by atoms with Gasteiger partial charge in [-0.3, -0.25) is 14.3 Å². The number of aliphatic carboxylic acids is 1. The maximum atomic E-state index is 13.8. The molecule has 2 aromatic rings. The van der Waals surface area contributed by atoms with Crippen molar-refractivity contribution in [1.29, 1.82) is 0 Å². The van der Waals surface area contributed by atoms with Crippen LogP contribution in [0.25, 0.3) is 11.1 Å². The Morgan fingerprint density at radius 1 is 1.43 bits per heavy atom. The van der Waals surface area contributed by atoms with Crippen LogP contribution in [0.5, 0.6) is 0 Å². The molecule has 0 radical (unpaired) electrons. The van der Waals surface area contributed by atoms with Gasteiger partial charge in [0.05, 0.1) is 6.20 Å². The van der Waals surface area contributed by atoms with Crippen LogP contribution in [0.2, 0.25) is 0 Å². The number of carboxylic acid groups (broad SMARTS) is 1. The molecular weight excluding hydrogens is 303 g/mol.